The Balaban J connectivity index is 1.68. The van der Waals surface area contributed by atoms with Crippen LogP contribution in [0.1, 0.15) is 37.4 Å². The number of hydrogen-bond donors (Lipinski definition) is 1. The number of nitriles is 1. The van der Waals surface area contributed by atoms with Gasteiger partial charge in [-0.2, -0.15) is 5.26 Å². The van der Waals surface area contributed by atoms with E-state index in [1.165, 1.54) is 17.5 Å². The van der Waals surface area contributed by atoms with Crippen molar-refractivity contribution in [3.63, 3.8) is 0 Å². The van der Waals surface area contributed by atoms with Gasteiger partial charge in [-0.05, 0) is 67.8 Å². The van der Waals surface area contributed by atoms with Crippen molar-refractivity contribution in [3.8, 4) is 6.07 Å². The van der Waals surface area contributed by atoms with Crippen molar-refractivity contribution in [2.24, 2.45) is 5.92 Å². The van der Waals surface area contributed by atoms with Crippen LogP contribution in [-0.4, -0.2) is 34.5 Å². The first kappa shape index (κ1) is 20.5. The molecule has 0 bridgehead atoms. The summed E-state index contributed by atoms with van der Waals surface area (Å²) in [5.74, 6) is 0.855. The quantitative estimate of drug-likeness (QED) is 0.719. The molecule has 2 aromatic rings. The molecule has 28 heavy (non-hydrogen) atoms. The lowest BCUT2D eigenvalue weighted by Gasteiger charge is -2.33. The fraction of sp³-hybridized carbons (Fsp3) is 0.455. The number of rotatable bonds is 7. The molecule has 0 radical (unpaired) electrons. The van der Waals surface area contributed by atoms with Gasteiger partial charge in [0.1, 0.15) is 11.8 Å². The lowest BCUT2D eigenvalue weighted by atomic mass is 9.98. The van der Waals surface area contributed by atoms with Gasteiger partial charge in [0, 0.05) is 30.7 Å². The smallest absolute Gasteiger partial charge is 0.240 e. The van der Waals surface area contributed by atoms with Crippen LogP contribution in [0.3, 0.4) is 0 Å². The van der Waals surface area contributed by atoms with Gasteiger partial charge >= 0.3 is 0 Å². The number of carbonyl (C=O) groups is 1. The molecule has 5 nitrogen and oxygen atoms in total. The second-order valence-electron chi connectivity index (χ2n) is 7.53. The van der Waals surface area contributed by atoms with Gasteiger partial charge < -0.3 is 9.47 Å². The van der Waals surface area contributed by atoms with Crippen LogP contribution in [0.25, 0.3) is 0 Å². The first-order valence-corrected chi connectivity index (χ1v) is 10.7. The maximum atomic E-state index is 13.2. The molecule has 1 saturated heterocycles. The predicted molar refractivity (Wildman–Crippen MR) is 113 cm³/mol. The molecular formula is C22H28N4OS. The van der Waals surface area contributed by atoms with E-state index in [0.717, 1.165) is 30.8 Å². The molecule has 0 spiro atoms. The van der Waals surface area contributed by atoms with Crippen LogP contribution in [0, 0.1) is 24.2 Å². The Kier molecular flexibility index (Phi) is 7.18. The Bertz CT molecular complexity index is 827. The highest BCUT2D eigenvalue weighted by molar-refractivity contribution is 7.97. The summed E-state index contributed by atoms with van der Waals surface area (Å²) < 4.78 is 5.33. The number of aryl methyl sites for hydroxylation is 2. The molecule has 148 valence electrons. The average Bonchev–Trinajstić information content (AvgIpc) is 3.17. The predicted octanol–water partition coefficient (Wildman–Crippen LogP) is 3.98. The Labute approximate surface area is 171 Å². The molecule has 1 aliphatic heterocycles. The Hall–Kier alpha value is -2.23. The van der Waals surface area contributed by atoms with Gasteiger partial charge in [0.15, 0.2) is 0 Å². The third-order valence-electron chi connectivity index (χ3n) is 5.40. The molecule has 1 fully saturated rings. The SMILES string of the molecule is Cc1ccccc1SNC(CCn1cccc1C#N)C(=O)N1CCC(C)CC1. The number of piperidine rings is 1. The average molecular weight is 397 g/mol. The van der Waals surface area contributed by atoms with Gasteiger partial charge in [-0.15, -0.1) is 0 Å². The van der Waals surface area contributed by atoms with Crippen molar-refractivity contribution in [1.82, 2.24) is 14.2 Å². The van der Waals surface area contributed by atoms with Gasteiger partial charge in [0.05, 0.1) is 6.04 Å². The van der Waals surface area contributed by atoms with E-state index in [1.54, 1.807) is 6.07 Å². The maximum Gasteiger partial charge on any atom is 0.240 e. The van der Waals surface area contributed by atoms with Crippen molar-refractivity contribution >= 4 is 17.9 Å². The summed E-state index contributed by atoms with van der Waals surface area (Å²) in [6, 6.07) is 13.8. The number of amides is 1. The van der Waals surface area contributed by atoms with E-state index >= 15 is 0 Å². The molecule has 3 rings (SSSR count). The molecule has 0 aliphatic carbocycles. The van der Waals surface area contributed by atoms with Crippen LogP contribution >= 0.6 is 11.9 Å². The summed E-state index contributed by atoms with van der Waals surface area (Å²) in [5.41, 5.74) is 1.82. The zero-order chi connectivity index (χ0) is 19.9. The van der Waals surface area contributed by atoms with E-state index in [-0.39, 0.29) is 11.9 Å². The fourth-order valence-electron chi connectivity index (χ4n) is 3.47. The normalized spacial score (nSPS) is 16.0. The lowest BCUT2D eigenvalue weighted by Crippen LogP contribution is -2.47. The van der Waals surface area contributed by atoms with Gasteiger partial charge in [-0.1, -0.05) is 25.1 Å². The topological polar surface area (TPSA) is 61.1 Å². The molecule has 1 unspecified atom stereocenters. The first-order valence-electron chi connectivity index (χ1n) is 9.90. The molecule has 2 heterocycles. The number of hydrogen-bond acceptors (Lipinski definition) is 4. The molecule has 6 heteroatoms. The highest BCUT2D eigenvalue weighted by Crippen LogP contribution is 2.22. The zero-order valence-corrected chi connectivity index (χ0v) is 17.4. The van der Waals surface area contributed by atoms with Gasteiger partial charge in [0.2, 0.25) is 5.91 Å². The lowest BCUT2D eigenvalue weighted by molar-refractivity contribution is -0.134. The van der Waals surface area contributed by atoms with E-state index in [9.17, 15) is 10.1 Å². The number of benzene rings is 1. The number of carbonyl (C=O) groups excluding carboxylic acids is 1. The van der Waals surface area contributed by atoms with Gasteiger partial charge in [-0.25, -0.2) is 4.72 Å². The van der Waals surface area contributed by atoms with Crippen LogP contribution < -0.4 is 4.72 Å². The van der Waals surface area contributed by atoms with Crippen LogP contribution in [-0.2, 0) is 11.3 Å². The molecule has 1 aromatic carbocycles. The number of likely N-dealkylation sites (tertiary alicyclic amines) is 1. The maximum absolute atomic E-state index is 13.2. The second kappa shape index (κ2) is 9.81. The fourth-order valence-corrected chi connectivity index (χ4v) is 4.33. The molecule has 1 N–H and O–H groups in total. The van der Waals surface area contributed by atoms with Crippen LogP contribution in [0.5, 0.6) is 0 Å². The minimum atomic E-state index is -0.285. The first-order chi connectivity index (χ1) is 13.6. The largest absolute Gasteiger partial charge is 0.341 e. The number of nitrogens with one attached hydrogen (secondary N) is 1. The third-order valence-corrected chi connectivity index (χ3v) is 6.48. The summed E-state index contributed by atoms with van der Waals surface area (Å²) in [6.07, 6.45) is 4.68. The summed E-state index contributed by atoms with van der Waals surface area (Å²) in [5, 5.41) is 9.23. The molecule has 1 aliphatic rings. The Morgan fingerprint density at radius 3 is 2.75 bits per heavy atom. The molecule has 1 atom stereocenters. The van der Waals surface area contributed by atoms with E-state index in [2.05, 4.69) is 36.8 Å². The van der Waals surface area contributed by atoms with Crippen molar-refractivity contribution < 1.29 is 4.79 Å². The summed E-state index contributed by atoms with van der Waals surface area (Å²) in [4.78, 5) is 16.3. The van der Waals surface area contributed by atoms with Gasteiger partial charge in [-0.3, -0.25) is 4.79 Å². The monoisotopic (exact) mass is 396 g/mol. The van der Waals surface area contributed by atoms with Crippen molar-refractivity contribution in [3.05, 3.63) is 53.9 Å². The van der Waals surface area contributed by atoms with Crippen LogP contribution in [0.15, 0.2) is 47.5 Å². The zero-order valence-electron chi connectivity index (χ0n) is 16.6. The Morgan fingerprint density at radius 2 is 2.04 bits per heavy atom. The number of nitrogens with zero attached hydrogens (tertiary/aromatic N) is 3. The molecule has 1 aromatic heterocycles. The minimum absolute atomic E-state index is 0.165. The van der Waals surface area contributed by atoms with E-state index in [4.69, 9.17) is 0 Å². The molecule has 0 saturated carbocycles. The Morgan fingerprint density at radius 1 is 1.29 bits per heavy atom. The molecule has 1 amide bonds. The highest BCUT2D eigenvalue weighted by Gasteiger charge is 2.27. The molecular weight excluding hydrogens is 368 g/mol. The van der Waals surface area contributed by atoms with E-state index < -0.39 is 0 Å². The summed E-state index contributed by atoms with van der Waals surface area (Å²) in [7, 11) is 0. The standard InChI is InChI=1S/C22H28N4OS/c1-17-9-13-26(14-10-17)22(27)20(11-15-25-12-5-7-19(25)16-23)24-28-21-8-4-3-6-18(21)2/h3-8,12,17,20,24H,9-11,13-15H2,1-2H3. The third kappa shape index (κ3) is 5.18. The van der Waals surface area contributed by atoms with Crippen molar-refractivity contribution in [2.75, 3.05) is 13.1 Å². The van der Waals surface area contributed by atoms with Gasteiger partial charge in [0.25, 0.3) is 0 Å². The van der Waals surface area contributed by atoms with E-state index in [1.807, 2.05) is 33.9 Å². The van der Waals surface area contributed by atoms with Crippen molar-refractivity contribution in [2.45, 2.75) is 50.6 Å². The van der Waals surface area contributed by atoms with E-state index in [0.29, 0.717) is 24.6 Å². The minimum Gasteiger partial charge on any atom is -0.341 e. The van der Waals surface area contributed by atoms with Crippen molar-refractivity contribution in [1.29, 1.82) is 5.26 Å². The summed E-state index contributed by atoms with van der Waals surface area (Å²) >= 11 is 1.52. The number of aromatic nitrogens is 1. The van der Waals surface area contributed by atoms with Crippen LogP contribution in [0.2, 0.25) is 0 Å². The summed E-state index contributed by atoms with van der Waals surface area (Å²) in [6.45, 7) is 6.63. The van der Waals surface area contributed by atoms with Crippen LogP contribution in [0.4, 0.5) is 0 Å². The highest BCUT2D eigenvalue weighted by atomic mass is 32.2. The second-order valence-corrected chi connectivity index (χ2v) is 8.41.